The lowest BCUT2D eigenvalue weighted by molar-refractivity contribution is 0.377. The summed E-state index contributed by atoms with van der Waals surface area (Å²) >= 11 is 0. The van der Waals surface area contributed by atoms with Crippen molar-refractivity contribution in [3.63, 3.8) is 0 Å². The first-order chi connectivity index (χ1) is 13.8. The Morgan fingerprint density at radius 1 is 1.31 bits per heavy atom. The van der Waals surface area contributed by atoms with Crippen LogP contribution < -0.4 is 4.90 Å². The molecule has 1 aromatic heterocycles. The van der Waals surface area contributed by atoms with E-state index in [9.17, 15) is 0 Å². The van der Waals surface area contributed by atoms with Crippen molar-refractivity contribution >= 4 is 11.3 Å². The van der Waals surface area contributed by atoms with Crippen LogP contribution in [-0.2, 0) is 6.42 Å². The van der Waals surface area contributed by atoms with Crippen LogP contribution in [0, 0.1) is 5.82 Å². The van der Waals surface area contributed by atoms with E-state index in [1.165, 1.54) is 0 Å². The minimum atomic E-state index is -0.276. The van der Waals surface area contributed by atoms with E-state index in [1.54, 1.807) is 18.5 Å². The van der Waals surface area contributed by atoms with Crippen LogP contribution in [0.2, 0.25) is 0 Å². The summed E-state index contributed by atoms with van der Waals surface area (Å²) in [5, 5.41) is 0. The number of aromatic nitrogens is 1. The average molecular weight is 390 g/mol. The zero-order valence-corrected chi connectivity index (χ0v) is 17.6. The lowest BCUT2D eigenvalue weighted by atomic mass is 9.98. The molecule has 0 unspecified atom stereocenters. The molecule has 0 spiro atoms. The minimum Gasteiger partial charge on any atom is -0.377 e. The minimum absolute atomic E-state index is 0.276. The normalized spacial score (nSPS) is 14.1. The van der Waals surface area contributed by atoms with Gasteiger partial charge in [0.15, 0.2) is 0 Å². The number of fused-ring (bicyclic) bond motifs is 1. The number of hydrogen-bond acceptors (Lipinski definition) is 3. The number of anilines is 1. The predicted octanol–water partition coefficient (Wildman–Crippen LogP) is 5.82. The Morgan fingerprint density at radius 3 is 2.76 bits per heavy atom. The van der Waals surface area contributed by atoms with E-state index >= 15 is 4.39 Å². The molecule has 0 fully saturated rings. The maximum absolute atomic E-state index is 15.6. The molecule has 150 valence electrons. The molecule has 4 heteroatoms. The van der Waals surface area contributed by atoms with Gasteiger partial charge >= 0.3 is 0 Å². The summed E-state index contributed by atoms with van der Waals surface area (Å²) in [6.07, 6.45) is 11.2. The number of allylic oxidation sites excluding steroid dienone is 5. The third kappa shape index (κ3) is 4.16. The summed E-state index contributed by atoms with van der Waals surface area (Å²) in [5.41, 5.74) is 5.86. The Kier molecular flexibility index (Phi) is 6.02. The van der Waals surface area contributed by atoms with Crippen LogP contribution in [0.5, 0.6) is 0 Å². The van der Waals surface area contributed by atoms with E-state index in [4.69, 9.17) is 0 Å². The first-order valence-corrected chi connectivity index (χ1v) is 9.75. The number of halogens is 1. The van der Waals surface area contributed by atoms with Gasteiger partial charge in [0, 0.05) is 73.2 Å². The molecule has 0 N–H and O–H groups in total. The Bertz CT molecular complexity index is 1000. The largest absolute Gasteiger partial charge is 0.377 e. The molecule has 1 aliphatic heterocycles. The molecular weight excluding hydrogens is 361 g/mol. The van der Waals surface area contributed by atoms with Gasteiger partial charge in [0.1, 0.15) is 5.82 Å². The number of rotatable bonds is 6. The first-order valence-electron chi connectivity index (χ1n) is 9.75. The highest BCUT2D eigenvalue weighted by Crippen LogP contribution is 2.36. The van der Waals surface area contributed by atoms with Crippen LogP contribution in [0.15, 0.2) is 73.9 Å². The molecule has 3 rings (SSSR count). The van der Waals surface area contributed by atoms with E-state index < -0.39 is 0 Å². The van der Waals surface area contributed by atoms with Gasteiger partial charge in [-0.2, -0.15) is 0 Å². The van der Waals surface area contributed by atoms with Crippen molar-refractivity contribution in [2.75, 3.05) is 19.0 Å². The van der Waals surface area contributed by atoms with Crippen molar-refractivity contribution in [1.29, 1.82) is 0 Å². The quantitative estimate of drug-likeness (QED) is 0.581. The first kappa shape index (κ1) is 20.6. The Morgan fingerprint density at radius 2 is 2.07 bits per heavy atom. The Hall–Kier alpha value is -3.14. The lowest BCUT2D eigenvalue weighted by Gasteiger charge is -2.20. The number of pyridine rings is 1. The molecule has 2 heterocycles. The summed E-state index contributed by atoms with van der Waals surface area (Å²) in [6, 6.07) is 6.30. The van der Waals surface area contributed by atoms with Crippen molar-refractivity contribution in [1.82, 2.24) is 9.88 Å². The highest BCUT2D eigenvalue weighted by Gasteiger charge is 2.21. The van der Waals surface area contributed by atoms with Crippen LogP contribution in [0.25, 0.3) is 16.7 Å². The van der Waals surface area contributed by atoms with Crippen molar-refractivity contribution in [2.24, 2.45) is 0 Å². The van der Waals surface area contributed by atoms with E-state index in [2.05, 4.69) is 36.9 Å². The number of benzene rings is 1. The highest BCUT2D eigenvalue weighted by molar-refractivity contribution is 5.79. The van der Waals surface area contributed by atoms with Crippen molar-refractivity contribution in [3.8, 4) is 11.1 Å². The smallest absolute Gasteiger partial charge is 0.141 e. The van der Waals surface area contributed by atoms with Gasteiger partial charge in [0.25, 0.3) is 0 Å². The molecule has 0 atom stereocenters. The molecule has 29 heavy (non-hydrogen) atoms. The van der Waals surface area contributed by atoms with Gasteiger partial charge in [-0.05, 0) is 37.1 Å². The highest BCUT2D eigenvalue weighted by atomic mass is 19.1. The molecule has 1 aliphatic rings. The number of nitrogens with zero attached hydrogens (tertiary/aromatic N) is 3. The second-order valence-corrected chi connectivity index (χ2v) is 7.63. The van der Waals surface area contributed by atoms with Crippen LogP contribution >= 0.6 is 0 Å². The Labute approximate surface area is 173 Å². The molecular formula is C25H28FN3. The van der Waals surface area contributed by atoms with Gasteiger partial charge in [-0.25, -0.2) is 4.39 Å². The van der Waals surface area contributed by atoms with Crippen LogP contribution in [0.3, 0.4) is 0 Å². The van der Waals surface area contributed by atoms with E-state index in [1.807, 2.05) is 55.5 Å². The van der Waals surface area contributed by atoms with Crippen LogP contribution in [0.1, 0.15) is 25.0 Å². The van der Waals surface area contributed by atoms with Crippen molar-refractivity contribution < 1.29 is 4.39 Å². The molecule has 0 bridgehead atoms. The predicted molar refractivity (Wildman–Crippen MR) is 121 cm³/mol. The fourth-order valence-corrected chi connectivity index (χ4v) is 3.32. The van der Waals surface area contributed by atoms with E-state index in [-0.39, 0.29) is 5.82 Å². The molecule has 0 amide bonds. The van der Waals surface area contributed by atoms with Gasteiger partial charge in [-0.15, -0.1) is 0 Å². The molecule has 2 aromatic rings. The maximum atomic E-state index is 15.6. The topological polar surface area (TPSA) is 19.4 Å². The van der Waals surface area contributed by atoms with Crippen LogP contribution in [0.4, 0.5) is 10.1 Å². The summed E-state index contributed by atoms with van der Waals surface area (Å²) in [5.74, 6) is -0.276. The third-order valence-corrected chi connectivity index (χ3v) is 5.38. The molecule has 0 aliphatic carbocycles. The average Bonchev–Trinajstić information content (AvgIpc) is 2.98. The Balaban J connectivity index is 2.08. The molecule has 3 nitrogen and oxygen atoms in total. The van der Waals surface area contributed by atoms with Gasteiger partial charge in [-0.1, -0.05) is 37.5 Å². The monoisotopic (exact) mass is 389 g/mol. The fourth-order valence-electron chi connectivity index (χ4n) is 3.32. The number of hydrogen-bond donors (Lipinski definition) is 0. The van der Waals surface area contributed by atoms with E-state index in [0.717, 1.165) is 34.5 Å². The van der Waals surface area contributed by atoms with Gasteiger partial charge in [0.2, 0.25) is 0 Å². The van der Waals surface area contributed by atoms with Gasteiger partial charge in [-0.3, -0.25) is 4.98 Å². The summed E-state index contributed by atoms with van der Waals surface area (Å²) in [7, 11) is 3.98. The second kappa shape index (κ2) is 8.48. The molecule has 0 saturated carbocycles. The second-order valence-electron chi connectivity index (χ2n) is 7.63. The zero-order valence-electron chi connectivity index (χ0n) is 17.6. The zero-order chi connectivity index (χ0) is 21.1. The molecule has 0 saturated heterocycles. The van der Waals surface area contributed by atoms with Crippen molar-refractivity contribution in [2.45, 2.75) is 26.3 Å². The standard InChI is InChI=1S/C25H28FN3/c1-7-8-9-20(16-28(5)17(2)3)23-15-27-14-22(25(23)26)19-10-11-24-21(13-19)12-18(4)29(24)6/h7-11,13-17H,1,4,12H2,2-3,5-6H3/b9-8-,20-16+. The van der Waals surface area contributed by atoms with Crippen molar-refractivity contribution in [3.05, 3.63) is 90.8 Å². The molecule has 0 radical (unpaired) electrons. The maximum Gasteiger partial charge on any atom is 0.141 e. The summed E-state index contributed by atoms with van der Waals surface area (Å²) in [4.78, 5) is 8.46. The summed E-state index contributed by atoms with van der Waals surface area (Å²) < 4.78 is 15.6. The van der Waals surface area contributed by atoms with Gasteiger partial charge < -0.3 is 9.80 Å². The third-order valence-electron chi connectivity index (χ3n) is 5.38. The van der Waals surface area contributed by atoms with Gasteiger partial charge in [0.05, 0.1) is 0 Å². The lowest BCUT2D eigenvalue weighted by Crippen LogP contribution is -2.20. The van der Waals surface area contributed by atoms with E-state index in [0.29, 0.717) is 17.2 Å². The summed E-state index contributed by atoms with van der Waals surface area (Å²) in [6.45, 7) is 12.0. The fraction of sp³-hybridized carbons (Fsp3) is 0.240. The van der Waals surface area contributed by atoms with Crippen LogP contribution in [-0.4, -0.2) is 30.0 Å². The molecule has 1 aromatic carbocycles. The SMILES string of the molecule is C=C/C=C\C(=C/N(C)C(C)C)c1cncc(-c2ccc3c(c2)CC(=C)N3C)c1F. The number of likely N-dealkylation sites (N-methyl/N-ethyl adjacent to an activating group) is 1.